The summed E-state index contributed by atoms with van der Waals surface area (Å²) in [5.74, 6) is 0.648. The van der Waals surface area contributed by atoms with Crippen LogP contribution in [0.5, 0.6) is 5.75 Å². The number of hydrogen-bond acceptors (Lipinski definition) is 7. The number of nitrogens with zero attached hydrogens (tertiary/aromatic N) is 5. The lowest BCUT2D eigenvalue weighted by atomic mass is 9.87. The van der Waals surface area contributed by atoms with Crippen LogP contribution in [0.2, 0.25) is 0 Å². The topological polar surface area (TPSA) is 81.8 Å². The van der Waals surface area contributed by atoms with E-state index in [1.165, 1.54) is 7.11 Å². The summed E-state index contributed by atoms with van der Waals surface area (Å²) in [5, 5.41) is 0. The Morgan fingerprint density at radius 3 is 2.61 bits per heavy atom. The van der Waals surface area contributed by atoms with Crippen molar-refractivity contribution in [3.8, 4) is 16.9 Å². The van der Waals surface area contributed by atoms with E-state index in [0.717, 1.165) is 28.2 Å². The fraction of sp³-hybridized carbons (Fsp3) is 0.357. The van der Waals surface area contributed by atoms with Gasteiger partial charge in [-0.25, -0.2) is 15.0 Å². The van der Waals surface area contributed by atoms with E-state index in [1.807, 2.05) is 36.6 Å². The molecular weight excluding hydrogens is 492 g/mol. The summed E-state index contributed by atoms with van der Waals surface area (Å²) in [4.78, 5) is 27.9. The zero-order chi connectivity index (χ0) is 26.8. The van der Waals surface area contributed by atoms with E-state index in [0.29, 0.717) is 37.4 Å². The van der Waals surface area contributed by atoms with Gasteiger partial charge in [0.15, 0.2) is 0 Å². The maximum absolute atomic E-state index is 12.9. The van der Waals surface area contributed by atoms with Crippen LogP contribution in [-0.2, 0) is 16.0 Å². The molecule has 0 bridgehead atoms. The fourth-order valence-electron chi connectivity index (χ4n) is 5.10. The second-order valence-corrected chi connectivity index (χ2v) is 9.57. The zero-order valence-corrected chi connectivity index (χ0v) is 21.5. The molecule has 0 saturated carbocycles. The minimum Gasteiger partial charge on any atom is -0.469 e. The second-order valence-electron chi connectivity index (χ2n) is 9.57. The molecule has 1 aliphatic heterocycles. The van der Waals surface area contributed by atoms with Gasteiger partial charge in [0.1, 0.15) is 11.4 Å². The number of imidazole rings is 1. The van der Waals surface area contributed by atoms with Gasteiger partial charge >= 0.3 is 12.6 Å². The monoisotopic (exact) mass is 521 g/mol. The zero-order valence-electron chi connectivity index (χ0n) is 21.5. The summed E-state index contributed by atoms with van der Waals surface area (Å²) >= 11 is 0. The van der Waals surface area contributed by atoms with Crippen LogP contribution in [0.4, 0.5) is 14.7 Å². The highest BCUT2D eigenvalue weighted by molar-refractivity contribution is 5.73. The first-order valence-corrected chi connectivity index (χ1v) is 12.5. The summed E-state index contributed by atoms with van der Waals surface area (Å²) in [7, 11) is 1.43. The molecule has 1 aromatic carbocycles. The summed E-state index contributed by atoms with van der Waals surface area (Å²) in [5.41, 5.74) is 4.84. The van der Waals surface area contributed by atoms with Crippen molar-refractivity contribution in [2.75, 3.05) is 25.1 Å². The first kappa shape index (κ1) is 25.6. The summed E-state index contributed by atoms with van der Waals surface area (Å²) in [6.07, 6.45) is 6.62. The molecule has 2 unspecified atom stereocenters. The number of fused-ring (bicyclic) bond motifs is 1. The number of pyridine rings is 1. The van der Waals surface area contributed by atoms with Crippen LogP contribution < -0.4 is 9.64 Å². The van der Waals surface area contributed by atoms with Crippen LogP contribution in [0, 0.1) is 18.8 Å². The molecule has 0 amide bonds. The highest BCUT2D eigenvalue weighted by Gasteiger charge is 2.32. The minimum atomic E-state index is -2.89. The number of halogens is 2. The molecule has 0 spiro atoms. The Morgan fingerprint density at radius 2 is 1.89 bits per heavy atom. The van der Waals surface area contributed by atoms with Crippen molar-refractivity contribution in [2.24, 2.45) is 11.8 Å². The molecule has 10 heteroatoms. The Bertz CT molecular complexity index is 1440. The van der Waals surface area contributed by atoms with Gasteiger partial charge in [0.05, 0.1) is 18.7 Å². The van der Waals surface area contributed by atoms with Crippen LogP contribution in [0.25, 0.3) is 16.8 Å². The third-order valence-electron chi connectivity index (χ3n) is 7.13. The van der Waals surface area contributed by atoms with Crippen molar-refractivity contribution in [3.63, 3.8) is 0 Å². The van der Waals surface area contributed by atoms with Gasteiger partial charge in [0.2, 0.25) is 5.95 Å². The number of benzene rings is 1. The van der Waals surface area contributed by atoms with Gasteiger partial charge in [0, 0.05) is 60.5 Å². The number of anilines is 1. The molecule has 0 N–H and O–H groups in total. The number of aromatic nitrogens is 4. The van der Waals surface area contributed by atoms with Crippen LogP contribution in [-0.4, -0.2) is 52.1 Å². The quantitative estimate of drug-likeness (QED) is 0.319. The van der Waals surface area contributed by atoms with E-state index in [9.17, 15) is 13.6 Å². The number of hydrogen-bond donors (Lipinski definition) is 0. The molecular formula is C28H29F2N5O3. The van der Waals surface area contributed by atoms with E-state index in [1.54, 1.807) is 36.7 Å². The summed E-state index contributed by atoms with van der Waals surface area (Å²) in [6, 6.07) is 10.7. The molecule has 8 nitrogen and oxygen atoms in total. The van der Waals surface area contributed by atoms with E-state index in [4.69, 9.17) is 9.47 Å². The standard InChI is InChI=1S/C28H29F2N5O3/c1-17-15-34(11-10-22(17)26(36)37-3)28-31-13-21(14-32-28)20-8-9-25-33-18(2)23(35(25)16-20)12-19-6-4-5-7-24(19)38-27(29)30/h4-9,13-14,16-17,22,27H,10-12,15H2,1-3H3. The first-order chi connectivity index (χ1) is 18.3. The predicted octanol–water partition coefficient (Wildman–Crippen LogP) is 4.93. The molecule has 1 aliphatic rings. The molecule has 38 heavy (non-hydrogen) atoms. The van der Waals surface area contributed by atoms with Crippen molar-refractivity contribution in [2.45, 2.75) is 33.3 Å². The largest absolute Gasteiger partial charge is 0.469 e. The van der Waals surface area contributed by atoms with Crippen molar-refractivity contribution in [1.82, 2.24) is 19.4 Å². The van der Waals surface area contributed by atoms with Crippen molar-refractivity contribution < 1.29 is 23.0 Å². The number of carbonyl (C=O) groups excluding carboxylic acids is 1. The van der Waals surface area contributed by atoms with Crippen LogP contribution in [0.15, 0.2) is 55.0 Å². The second kappa shape index (κ2) is 10.7. The number of aryl methyl sites for hydroxylation is 1. The fourth-order valence-corrected chi connectivity index (χ4v) is 5.10. The van der Waals surface area contributed by atoms with Gasteiger partial charge in [-0.05, 0) is 37.5 Å². The Balaban J connectivity index is 1.38. The lowest BCUT2D eigenvalue weighted by Gasteiger charge is -2.35. The lowest BCUT2D eigenvalue weighted by Crippen LogP contribution is -2.43. The van der Waals surface area contributed by atoms with Gasteiger partial charge in [0.25, 0.3) is 0 Å². The highest BCUT2D eigenvalue weighted by Crippen LogP contribution is 2.29. The maximum atomic E-state index is 12.9. The third-order valence-corrected chi connectivity index (χ3v) is 7.13. The number of methoxy groups -OCH3 is 1. The average Bonchev–Trinajstić information content (AvgIpc) is 3.23. The van der Waals surface area contributed by atoms with Gasteiger partial charge in [-0.1, -0.05) is 25.1 Å². The molecule has 0 radical (unpaired) electrons. The number of alkyl halides is 2. The van der Waals surface area contributed by atoms with Crippen molar-refractivity contribution >= 4 is 17.6 Å². The smallest absolute Gasteiger partial charge is 0.387 e. The number of piperidine rings is 1. The first-order valence-electron chi connectivity index (χ1n) is 12.5. The number of esters is 1. The Labute approximate surface area is 219 Å². The molecule has 1 fully saturated rings. The molecule has 5 rings (SSSR count). The van der Waals surface area contributed by atoms with Gasteiger partial charge < -0.3 is 18.8 Å². The number of para-hydroxylation sites is 1. The van der Waals surface area contributed by atoms with Gasteiger partial charge in [-0.2, -0.15) is 8.78 Å². The van der Waals surface area contributed by atoms with E-state index >= 15 is 0 Å². The van der Waals surface area contributed by atoms with Crippen LogP contribution in [0.3, 0.4) is 0 Å². The van der Waals surface area contributed by atoms with E-state index in [2.05, 4.69) is 19.9 Å². The SMILES string of the molecule is COC(=O)C1CCN(c2ncc(-c3ccc4nc(C)c(Cc5ccccc5OC(F)F)n4c3)cn2)CC1C. The van der Waals surface area contributed by atoms with Gasteiger partial charge in [-0.3, -0.25) is 4.79 Å². The van der Waals surface area contributed by atoms with E-state index in [-0.39, 0.29) is 23.6 Å². The molecule has 4 heterocycles. The summed E-state index contributed by atoms with van der Waals surface area (Å²) in [6.45, 7) is 2.42. The molecule has 3 aromatic heterocycles. The Kier molecular flexibility index (Phi) is 7.22. The maximum Gasteiger partial charge on any atom is 0.387 e. The molecule has 0 aliphatic carbocycles. The highest BCUT2D eigenvalue weighted by atomic mass is 19.3. The van der Waals surface area contributed by atoms with Crippen LogP contribution in [0.1, 0.15) is 30.3 Å². The molecule has 198 valence electrons. The minimum absolute atomic E-state index is 0.107. The normalized spacial score (nSPS) is 17.7. The number of carbonyl (C=O) groups is 1. The van der Waals surface area contributed by atoms with Crippen molar-refractivity contribution in [1.29, 1.82) is 0 Å². The number of rotatable bonds is 7. The summed E-state index contributed by atoms with van der Waals surface area (Å²) < 4.78 is 37.4. The van der Waals surface area contributed by atoms with Crippen LogP contribution >= 0.6 is 0 Å². The lowest BCUT2D eigenvalue weighted by molar-refractivity contribution is -0.147. The third kappa shape index (κ3) is 5.16. The Hall–Kier alpha value is -4.08. The molecule has 4 aromatic rings. The molecule has 2 atom stereocenters. The number of ether oxygens (including phenoxy) is 2. The predicted molar refractivity (Wildman–Crippen MR) is 138 cm³/mol. The average molecular weight is 522 g/mol. The Morgan fingerprint density at radius 1 is 1.13 bits per heavy atom. The van der Waals surface area contributed by atoms with Crippen molar-refractivity contribution in [3.05, 3.63) is 71.9 Å². The van der Waals surface area contributed by atoms with Gasteiger partial charge in [-0.15, -0.1) is 0 Å². The van der Waals surface area contributed by atoms with E-state index < -0.39 is 6.61 Å². The molecule has 1 saturated heterocycles.